The molecule has 0 radical (unpaired) electrons. The number of fused-ring (bicyclic) bond motifs is 1. The van der Waals surface area contributed by atoms with E-state index in [-0.39, 0.29) is 17.8 Å². The maximum atomic E-state index is 12.5. The van der Waals surface area contributed by atoms with Gasteiger partial charge in [-0.3, -0.25) is 0 Å². The van der Waals surface area contributed by atoms with E-state index in [2.05, 4.69) is 24.3 Å². The molecule has 0 bridgehead atoms. The molecule has 0 spiro atoms. The minimum atomic E-state index is -0.488. The van der Waals surface area contributed by atoms with Gasteiger partial charge in [0.15, 0.2) is 6.29 Å². The molecule has 1 fully saturated rings. The molecule has 1 aliphatic carbocycles. The molecule has 5 nitrogen and oxygen atoms in total. The van der Waals surface area contributed by atoms with Gasteiger partial charge in [-0.05, 0) is 57.6 Å². The summed E-state index contributed by atoms with van der Waals surface area (Å²) in [6.07, 6.45) is 3.47. The van der Waals surface area contributed by atoms with Crippen LogP contribution in [0.3, 0.4) is 0 Å². The Balaban J connectivity index is 1.76. The number of carbonyl (C=O) groups is 1. The van der Waals surface area contributed by atoms with Gasteiger partial charge in [0, 0.05) is 19.0 Å². The van der Waals surface area contributed by atoms with Gasteiger partial charge in [-0.1, -0.05) is 24.3 Å². The number of ether oxygens (including phenoxy) is 3. The Labute approximate surface area is 156 Å². The number of likely N-dealkylation sites (N-methyl/N-ethyl adjacent to an activating group) is 1. The largest absolute Gasteiger partial charge is 0.444 e. The summed E-state index contributed by atoms with van der Waals surface area (Å²) < 4.78 is 16.8. The van der Waals surface area contributed by atoms with Crippen LogP contribution in [-0.4, -0.2) is 49.7 Å². The lowest BCUT2D eigenvalue weighted by atomic mass is 9.77. The van der Waals surface area contributed by atoms with Crippen molar-refractivity contribution in [1.29, 1.82) is 0 Å². The van der Waals surface area contributed by atoms with Gasteiger partial charge in [-0.2, -0.15) is 0 Å². The fourth-order valence-electron chi connectivity index (χ4n) is 4.09. The van der Waals surface area contributed by atoms with Gasteiger partial charge in [0.1, 0.15) is 5.60 Å². The van der Waals surface area contributed by atoms with Gasteiger partial charge in [-0.15, -0.1) is 0 Å². The summed E-state index contributed by atoms with van der Waals surface area (Å²) in [6.45, 7) is 7.68. The Morgan fingerprint density at radius 1 is 1.27 bits per heavy atom. The molecule has 0 aromatic heterocycles. The molecule has 3 rings (SSSR count). The van der Waals surface area contributed by atoms with Crippen LogP contribution in [0.5, 0.6) is 0 Å². The van der Waals surface area contributed by atoms with Crippen molar-refractivity contribution in [3.8, 4) is 0 Å². The average molecular weight is 361 g/mol. The number of amides is 1. The summed E-state index contributed by atoms with van der Waals surface area (Å²) >= 11 is 0. The van der Waals surface area contributed by atoms with Crippen LogP contribution in [0.2, 0.25) is 0 Å². The second-order valence-electron chi connectivity index (χ2n) is 8.48. The third kappa shape index (κ3) is 4.38. The maximum absolute atomic E-state index is 12.5. The van der Waals surface area contributed by atoms with Crippen LogP contribution in [0.15, 0.2) is 24.3 Å². The first kappa shape index (κ1) is 19.2. The highest BCUT2D eigenvalue weighted by Crippen LogP contribution is 2.43. The molecule has 144 valence electrons. The van der Waals surface area contributed by atoms with Gasteiger partial charge in [0.05, 0.1) is 13.2 Å². The molecule has 0 saturated carbocycles. The van der Waals surface area contributed by atoms with Crippen LogP contribution < -0.4 is 0 Å². The summed E-state index contributed by atoms with van der Waals surface area (Å²) in [5, 5.41) is 0. The number of aryl methyl sites for hydroxylation is 1. The Hall–Kier alpha value is -1.59. The van der Waals surface area contributed by atoms with Crippen LogP contribution in [0, 0.1) is 0 Å². The Morgan fingerprint density at radius 2 is 1.96 bits per heavy atom. The van der Waals surface area contributed by atoms with Gasteiger partial charge in [-0.25, -0.2) is 4.79 Å². The number of carbonyl (C=O) groups excluding carboxylic acids is 1. The first-order valence-electron chi connectivity index (χ1n) is 9.55. The molecular weight excluding hydrogens is 330 g/mol. The van der Waals surface area contributed by atoms with Crippen molar-refractivity contribution in [2.75, 3.05) is 26.8 Å². The first-order valence-corrected chi connectivity index (χ1v) is 9.55. The molecule has 2 aliphatic rings. The minimum absolute atomic E-state index is 0.0719. The molecule has 1 atom stereocenters. The number of rotatable bonds is 5. The van der Waals surface area contributed by atoms with E-state index in [1.54, 1.807) is 4.90 Å². The Morgan fingerprint density at radius 3 is 2.65 bits per heavy atom. The molecule has 1 unspecified atom stereocenters. The molecule has 1 heterocycles. The van der Waals surface area contributed by atoms with Gasteiger partial charge >= 0.3 is 6.09 Å². The molecule has 0 N–H and O–H groups in total. The topological polar surface area (TPSA) is 48.0 Å². The second kappa shape index (κ2) is 7.57. The van der Waals surface area contributed by atoms with E-state index in [1.165, 1.54) is 11.1 Å². The lowest BCUT2D eigenvalue weighted by molar-refractivity contribution is -0.0522. The van der Waals surface area contributed by atoms with E-state index in [4.69, 9.17) is 14.2 Å². The number of hydrogen-bond acceptors (Lipinski definition) is 4. The fraction of sp³-hybridized carbons (Fsp3) is 0.667. The van der Waals surface area contributed by atoms with Crippen molar-refractivity contribution < 1.29 is 19.0 Å². The van der Waals surface area contributed by atoms with E-state index in [0.29, 0.717) is 19.8 Å². The van der Waals surface area contributed by atoms with Crippen molar-refractivity contribution in [3.05, 3.63) is 35.4 Å². The molecule has 26 heavy (non-hydrogen) atoms. The van der Waals surface area contributed by atoms with Crippen LogP contribution in [-0.2, 0) is 26.0 Å². The van der Waals surface area contributed by atoms with Crippen LogP contribution in [0.25, 0.3) is 0 Å². The molecule has 1 saturated heterocycles. The molecular formula is C21H31NO4. The van der Waals surface area contributed by atoms with Crippen molar-refractivity contribution in [2.24, 2.45) is 0 Å². The van der Waals surface area contributed by atoms with E-state index in [9.17, 15) is 4.79 Å². The zero-order valence-electron chi connectivity index (χ0n) is 16.4. The predicted octanol–water partition coefficient (Wildman–Crippen LogP) is 3.89. The van der Waals surface area contributed by atoms with E-state index in [1.807, 2.05) is 27.8 Å². The first-order chi connectivity index (χ1) is 12.3. The summed E-state index contributed by atoms with van der Waals surface area (Å²) in [5.41, 5.74) is 2.18. The Bertz CT molecular complexity index is 633. The van der Waals surface area contributed by atoms with Crippen LogP contribution in [0.4, 0.5) is 4.79 Å². The summed E-state index contributed by atoms with van der Waals surface area (Å²) in [5.74, 6) is 0. The monoisotopic (exact) mass is 361 g/mol. The number of hydrogen-bond donors (Lipinski definition) is 0. The summed E-state index contributed by atoms with van der Waals surface area (Å²) in [4.78, 5) is 14.2. The van der Waals surface area contributed by atoms with Crippen LogP contribution in [0.1, 0.15) is 51.2 Å². The molecule has 1 aromatic carbocycles. The lowest BCUT2D eigenvalue weighted by Crippen LogP contribution is -2.43. The van der Waals surface area contributed by atoms with E-state index in [0.717, 1.165) is 25.7 Å². The lowest BCUT2D eigenvalue weighted by Gasteiger charge is -2.36. The molecule has 1 aliphatic heterocycles. The van der Waals surface area contributed by atoms with Gasteiger partial charge < -0.3 is 19.1 Å². The van der Waals surface area contributed by atoms with Crippen molar-refractivity contribution >= 4 is 6.09 Å². The maximum Gasteiger partial charge on any atom is 0.410 e. The number of benzene rings is 1. The molecule has 5 heteroatoms. The molecule has 1 aromatic rings. The smallest absolute Gasteiger partial charge is 0.410 e. The SMILES string of the molecule is CN(CC1(CCC2OCCO2)CCc2ccccc21)C(=O)OC(C)(C)C. The Kier molecular flexibility index (Phi) is 5.58. The molecule has 1 amide bonds. The third-order valence-electron chi connectivity index (χ3n) is 5.26. The standard InChI is InChI=1S/C21H31NO4/c1-20(2,3)26-19(23)22(4)15-21(12-10-18-24-13-14-25-18)11-9-16-7-5-6-8-17(16)21/h5-8,18H,9-15H2,1-4H3. The van der Waals surface area contributed by atoms with E-state index >= 15 is 0 Å². The third-order valence-corrected chi connectivity index (χ3v) is 5.26. The zero-order chi connectivity index (χ0) is 18.8. The zero-order valence-corrected chi connectivity index (χ0v) is 16.4. The summed E-state index contributed by atoms with van der Waals surface area (Å²) in [7, 11) is 1.83. The van der Waals surface area contributed by atoms with Gasteiger partial charge in [0.25, 0.3) is 0 Å². The quantitative estimate of drug-likeness (QED) is 0.798. The van der Waals surface area contributed by atoms with Crippen molar-refractivity contribution in [1.82, 2.24) is 4.90 Å². The van der Waals surface area contributed by atoms with Gasteiger partial charge in [0.2, 0.25) is 0 Å². The highest BCUT2D eigenvalue weighted by Gasteiger charge is 2.41. The highest BCUT2D eigenvalue weighted by atomic mass is 16.7. The van der Waals surface area contributed by atoms with E-state index < -0.39 is 5.60 Å². The normalized spacial score (nSPS) is 23.1. The predicted molar refractivity (Wildman–Crippen MR) is 100 cm³/mol. The summed E-state index contributed by atoms with van der Waals surface area (Å²) in [6, 6.07) is 8.60. The van der Waals surface area contributed by atoms with Crippen molar-refractivity contribution in [3.63, 3.8) is 0 Å². The fourth-order valence-corrected chi connectivity index (χ4v) is 4.09. The van der Waals surface area contributed by atoms with Crippen molar-refractivity contribution in [2.45, 2.75) is 63.8 Å². The second-order valence-corrected chi connectivity index (χ2v) is 8.48. The number of nitrogens with zero attached hydrogens (tertiary/aromatic N) is 1. The minimum Gasteiger partial charge on any atom is -0.444 e. The van der Waals surface area contributed by atoms with Crippen LogP contribution >= 0.6 is 0 Å². The average Bonchev–Trinajstić information content (AvgIpc) is 3.20. The highest BCUT2D eigenvalue weighted by molar-refractivity contribution is 5.68.